The predicted molar refractivity (Wildman–Crippen MR) is 60.6 cm³/mol. The molecule has 0 radical (unpaired) electrons. The maximum Gasteiger partial charge on any atom is 0.246 e. The number of rotatable bonds is 3. The van der Waals surface area contributed by atoms with Gasteiger partial charge in [-0.25, -0.2) is 18.4 Å². The van der Waals surface area contributed by atoms with Crippen molar-refractivity contribution in [3.63, 3.8) is 0 Å². The molecular formula is C9H14N4O3S. The number of aromatic nitrogens is 2. The van der Waals surface area contributed by atoms with Gasteiger partial charge in [-0.2, -0.15) is 4.31 Å². The number of hydrogen-bond acceptors (Lipinski definition) is 6. The van der Waals surface area contributed by atoms with Crippen molar-refractivity contribution in [1.82, 2.24) is 14.3 Å². The summed E-state index contributed by atoms with van der Waals surface area (Å²) < 4.78 is 30.8. The molecule has 94 valence electrons. The fourth-order valence-corrected chi connectivity index (χ4v) is 3.10. The summed E-state index contributed by atoms with van der Waals surface area (Å²) in [7, 11) is -1.95. The van der Waals surface area contributed by atoms with Crippen LogP contribution in [-0.4, -0.2) is 49.0 Å². The lowest BCUT2D eigenvalue weighted by Crippen LogP contribution is -2.30. The maximum atomic E-state index is 12.2. The van der Waals surface area contributed by atoms with Gasteiger partial charge >= 0.3 is 0 Å². The molecule has 0 aromatic carbocycles. The summed E-state index contributed by atoms with van der Waals surface area (Å²) in [6.07, 6.45) is 3.10. The Hall–Kier alpha value is -1.25. The van der Waals surface area contributed by atoms with Crippen LogP contribution >= 0.6 is 0 Å². The van der Waals surface area contributed by atoms with Gasteiger partial charge in [-0.1, -0.05) is 0 Å². The van der Waals surface area contributed by atoms with Crippen LogP contribution in [0.25, 0.3) is 0 Å². The summed E-state index contributed by atoms with van der Waals surface area (Å²) in [4.78, 5) is 7.43. The molecule has 1 saturated heterocycles. The molecular weight excluding hydrogens is 244 g/mol. The van der Waals surface area contributed by atoms with Crippen LogP contribution in [0.5, 0.6) is 0 Å². The number of anilines is 1. The van der Waals surface area contributed by atoms with Crippen LogP contribution in [0.3, 0.4) is 0 Å². The molecule has 1 unspecified atom stereocenters. The number of hydrogen-bond donors (Lipinski definition) is 1. The Balaban J connectivity index is 2.22. The van der Waals surface area contributed by atoms with E-state index >= 15 is 0 Å². The molecule has 8 heteroatoms. The Bertz CT molecular complexity index is 487. The second-order valence-electron chi connectivity index (χ2n) is 3.79. The summed E-state index contributed by atoms with van der Waals surface area (Å²) in [6.45, 7) is 0.814. The van der Waals surface area contributed by atoms with Crippen molar-refractivity contribution in [3.05, 3.63) is 12.4 Å². The first-order valence-corrected chi connectivity index (χ1v) is 6.58. The molecule has 0 amide bonds. The molecule has 1 fully saturated rings. The monoisotopic (exact) mass is 258 g/mol. The summed E-state index contributed by atoms with van der Waals surface area (Å²) in [6, 6.07) is 0. The van der Waals surface area contributed by atoms with Gasteiger partial charge in [0.1, 0.15) is 4.90 Å². The smallest absolute Gasteiger partial charge is 0.246 e. The third-order valence-corrected chi connectivity index (χ3v) is 4.54. The number of nitrogen functional groups attached to an aromatic ring is 1. The van der Waals surface area contributed by atoms with E-state index in [0.717, 1.165) is 0 Å². The van der Waals surface area contributed by atoms with Gasteiger partial charge in [0, 0.05) is 20.2 Å². The second kappa shape index (κ2) is 4.55. The third-order valence-electron chi connectivity index (χ3n) is 2.73. The highest BCUT2D eigenvalue weighted by Gasteiger charge is 2.32. The number of nitrogens with two attached hydrogens (primary N) is 1. The van der Waals surface area contributed by atoms with Crippen molar-refractivity contribution >= 4 is 16.0 Å². The molecule has 1 aromatic rings. The molecule has 2 heterocycles. The highest BCUT2D eigenvalue weighted by atomic mass is 32.2. The van der Waals surface area contributed by atoms with Gasteiger partial charge in [0.05, 0.1) is 18.5 Å². The van der Waals surface area contributed by atoms with E-state index in [1.165, 1.54) is 16.7 Å². The lowest BCUT2D eigenvalue weighted by atomic mass is 10.3. The Kier molecular flexibility index (Phi) is 3.27. The Labute approximate surface area is 99.7 Å². The van der Waals surface area contributed by atoms with Gasteiger partial charge in [0.2, 0.25) is 16.0 Å². The summed E-state index contributed by atoms with van der Waals surface area (Å²) in [5, 5.41) is 0. The first-order valence-electron chi connectivity index (χ1n) is 5.14. The van der Waals surface area contributed by atoms with Gasteiger partial charge in [0.25, 0.3) is 0 Å². The average molecular weight is 258 g/mol. The van der Waals surface area contributed by atoms with E-state index in [1.807, 2.05) is 0 Å². The molecule has 0 aliphatic carbocycles. The minimum Gasteiger partial charge on any atom is -0.380 e. The number of sulfonamides is 1. The average Bonchev–Trinajstić information content (AvgIpc) is 2.78. The van der Waals surface area contributed by atoms with Gasteiger partial charge < -0.3 is 10.5 Å². The van der Waals surface area contributed by atoms with Gasteiger partial charge in [-0.15, -0.1) is 0 Å². The van der Waals surface area contributed by atoms with Crippen LogP contribution in [0.15, 0.2) is 17.3 Å². The van der Waals surface area contributed by atoms with Crippen LogP contribution in [0, 0.1) is 0 Å². The molecule has 1 atom stereocenters. The Morgan fingerprint density at radius 1 is 1.47 bits per heavy atom. The Morgan fingerprint density at radius 2 is 2.12 bits per heavy atom. The van der Waals surface area contributed by atoms with Crippen LogP contribution < -0.4 is 5.73 Å². The zero-order valence-corrected chi connectivity index (χ0v) is 10.2. The van der Waals surface area contributed by atoms with Gasteiger partial charge in [-0.05, 0) is 6.42 Å². The van der Waals surface area contributed by atoms with E-state index in [2.05, 4.69) is 9.97 Å². The standard InChI is InChI=1S/C9H14N4O3S/c1-16-7-2-3-13(6-7)17(14,15)8-4-11-9(10)12-5-8/h4-5,7H,2-3,6H2,1H3,(H2,10,11,12). The predicted octanol–water partition coefficient (Wildman–Crippen LogP) is -0.532. The normalized spacial score (nSPS) is 21.8. The zero-order valence-electron chi connectivity index (χ0n) is 9.41. The first kappa shape index (κ1) is 12.2. The lowest BCUT2D eigenvalue weighted by Gasteiger charge is -2.15. The van der Waals surface area contributed by atoms with Crippen molar-refractivity contribution < 1.29 is 13.2 Å². The molecule has 7 nitrogen and oxygen atoms in total. The first-order chi connectivity index (χ1) is 8.04. The van der Waals surface area contributed by atoms with Crippen LogP contribution in [0.2, 0.25) is 0 Å². The fourth-order valence-electron chi connectivity index (χ4n) is 1.72. The Morgan fingerprint density at radius 3 is 2.65 bits per heavy atom. The number of ether oxygens (including phenoxy) is 1. The topological polar surface area (TPSA) is 98.4 Å². The minimum atomic E-state index is -3.53. The molecule has 2 N–H and O–H groups in total. The quantitative estimate of drug-likeness (QED) is 0.782. The second-order valence-corrected chi connectivity index (χ2v) is 5.72. The number of methoxy groups -OCH3 is 1. The van der Waals surface area contributed by atoms with E-state index in [9.17, 15) is 8.42 Å². The summed E-state index contributed by atoms with van der Waals surface area (Å²) >= 11 is 0. The third kappa shape index (κ3) is 2.38. The minimum absolute atomic E-state index is 0.0422. The SMILES string of the molecule is COC1CCN(S(=O)(=O)c2cnc(N)nc2)C1. The largest absolute Gasteiger partial charge is 0.380 e. The molecule has 0 spiro atoms. The van der Waals surface area contributed by atoms with Crippen LogP contribution in [0.1, 0.15) is 6.42 Å². The van der Waals surface area contributed by atoms with E-state index in [4.69, 9.17) is 10.5 Å². The number of nitrogens with zero attached hydrogens (tertiary/aromatic N) is 3. The highest BCUT2D eigenvalue weighted by Crippen LogP contribution is 2.21. The van der Waals surface area contributed by atoms with Gasteiger partial charge in [-0.3, -0.25) is 0 Å². The molecule has 2 rings (SSSR count). The molecule has 1 aromatic heterocycles. The highest BCUT2D eigenvalue weighted by molar-refractivity contribution is 7.89. The van der Waals surface area contributed by atoms with E-state index in [1.54, 1.807) is 7.11 Å². The maximum absolute atomic E-state index is 12.2. The van der Waals surface area contributed by atoms with Gasteiger partial charge in [0.15, 0.2) is 0 Å². The molecule has 1 aliphatic rings. The summed E-state index contributed by atoms with van der Waals surface area (Å²) in [5.41, 5.74) is 5.32. The van der Waals surface area contributed by atoms with E-state index in [-0.39, 0.29) is 16.9 Å². The molecule has 1 aliphatic heterocycles. The van der Waals surface area contributed by atoms with E-state index < -0.39 is 10.0 Å². The van der Waals surface area contributed by atoms with Crippen molar-refractivity contribution in [1.29, 1.82) is 0 Å². The zero-order chi connectivity index (χ0) is 12.5. The van der Waals surface area contributed by atoms with Crippen molar-refractivity contribution in [2.24, 2.45) is 0 Å². The van der Waals surface area contributed by atoms with E-state index in [0.29, 0.717) is 19.5 Å². The molecule has 0 saturated carbocycles. The summed E-state index contributed by atoms with van der Waals surface area (Å²) in [5.74, 6) is 0.0557. The lowest BCUT2D eigenvalue weighted by molar-refractivity contribution is 0.115. The molecule has 17 heavy (non-hydrogen) atoms. The van der Waals surface area contributed by atoms with Crippen molar-refractivity contribution in [3.8, 4) is 0 Å². The fraction of sp³-hybridized carbons (Fsp3) is 0.556. The van der Waals surface area contributed by atoms with Crippen molar-refractivity contribution in [2.75, 3.05) is 25.9 Å². The van der Waals surface area contributed by atoms with Crippen molar-refractivity contribution in [2.45, 2.75) is 17.4 Å². The molecule has 0 bridgehead atoms. The van der Waals surface area contributed by atoms with Crippen LogP contribution in [-0.2, 0) is 14.8 Å². The van der Waals surface area contributed by atoms with Crippen LogP contribution in [0.4, 0.5) is 5.95 Å².